The van der Waals surface area contributed by atoms with E-state index in [0.29, 0.717) is 29.7 Å². The first-order chi connectivity index (χ1) is 12.6. The molecule has 3 atom stereocenters. The van der Waals surface area contributed by atoms with Gasteiger partial charge >= 0.3 is 0 Å². The van der Waals surface area contributed by atoms with Gasteiger partial charge in [-0.1, -0.05) is 30.8 Å². The van der Waals surface area contributed by atoms with Crippen molar-refractivity contribution in [3.05, 3.63) is 11.7 Å². The fourth-order valence-corrected chi connectivity index (χ4v) is 5.35. The average molecular weight is 397 g/mol. The predicted octanol–water partition coefficient (Wildman–Crippen LogP) is 3.87. The fourth-order valence-electron chi connectivity index (χ4n) is 5.35. The van der Waals surface area contributed by atoms with Gasteiger partial charge in [-0.15, -0.1) is 12.4 Å². The average Bonchev–Trinajstić information content (AvgIpc) is 3.12. The number of nitrogens with two attached hydrogens (primary N) is 1. The van der Waals surface area contributed by atoms with E-state index < -0.39 is 0 Å². The van der Waals surface area contributed by atoms with Gasteiger partial charge in [0, 0.05) is 17.9 Å². The van der Waals surface area contributed by atoms with Gasteiger partial charge in [0.05, 0.1) is 0 Å². The molecular formula is C20H33ClN4O2. The van der Waals surface area contributed by atoms with Crippen molar-refractivity contribution in [1.29, 1.82) is 0 Å². The Labute approximate surface area is 167 Å². The number of rotatable bonds is 4. The van der Waals surface area contributed by atoms with Crippen LogP contribution in [0.1, 0.15) is 94.8 Å². The summed E-state index contributed by atoms with van der Waals surface area (Å²) in [6, 6.07) is 0.0574. The zero-order valence-corrected chi connectivity index (χ0v) is 17.0. The second kappa shape index (κ2) is 8.91. The van der Waals surface area contributed by atoms with E-state index in [9.17, 15) is 4.79 Å². The first-order valence-electron chi connectivity index (χ1n) is 10.5. The summed E-state index contributed by atoms with van der Waals surface area (Å²) in [5.41, 5.74) is 6.35. The summed E-state index contributed by atoms with van der Waals surface area (Å²) in [7, 11) is 0. The zero-order chi connectivity index (χ0) is 18.1. The molecule has 3 saturated carbocycles. The molecule has 7 heteroatoms. The zero-order valence-electron chi connectivity index (χ0n) is 16.2. The molecule has 0 radical (unpaired) electrons. The van der Waals surface area contributed by atoms with Crippen LogP contribution in [0.3, 0.4) is 0 Å². The molecule has 0 saturated heterocycles. The summed E-state index contributed by atoms with van der Waals surface area (Å²) in [5.74, 6) is 2.99. The van der Waals surface area contributed by atoms with Gasteiger partial charge in [0.25, 0.3) is 0 Å². The highest BCUT2D eigenvalue weighted by atomic mass is 35.5. The smallest absolute Gasteiger partial charge is 0.248 e. The summed E-state index contributed by atoms with van der Waals surface area (Å²) < 4.78 is 5.46. The van der Waals surface area contributed by atoms with E-state index in [1.807, 2.05) is 6.92 Å². The lowest BCUT2D eigenvalue weighted by Gasteiger charge is -2.43. The number of fused-ring (bicyclic) bond motifs is 2. The molecule has 1 amide bonds. The minimum absolute atomic E-state index is 0. The molecule has 3 fully saturated rings. The topological polar surface area (TPSA) is 94.0 Å². The van der Waals surface area contributed by atoms with E-state index in [2.05, 4.69) is 15.5 Å². The molecule has 3 aliphatic carbocycles. The Hall–Kier alpha value is -1.14. The first-order valence-corrected chi connectivity index (χ1v) is 10.5. The van der Waals surface area contributed by atoms with Gasteiger partial charge in [-0.3, -0.25) is 4.79 Å². The normalized spacial score (nSPS) is 32.4. The van der Waals surface area contributed by atoms with E-state index in [1.165, 1.54) is 38.5 Å². The highest BCUT2D eigenvalue weighted by Crippen LogP contribution is 2.42. The summed E-state index contributed by atoms with van der Waals surface area (Å²) in [6.07, 6.45) is 11.5. The predicted molar refractivity (Wildman–Crippen MR) is 105 cm³/mol. The third-order valence-corrected chi connectivity index (χ3v) is 6.94. The number of carbonyl (C=O) groups is 1. The third-order valence-electron chi connectivity index (χ3n) is 6.94. The highest BCUT2D eigenvalue weighted by molar-refractivity contribution is 5.85. The summed E-state index contributed by atoms with van der Waals surface area (Å²) in [4.78, 5) is 17.4. The van der Waals surface area contributed by atoms with Gasteiger partial charge in [-0.05, 0) is 57.3 Å². The van der Waals surface area contributed by atoms with Crippen molar-refractivity contribution in [2.24, 2.45) is 23.5 Å². The lowest BCUT2D eigenvalue weighted by molar-refractivity contribution is -0.128. The summed E-state index contributed by atoms with van der Waals surface area (Å²) >= 11 is 0. The Bertz CT molecular complexity index is 617. The van der Waals surface area contributed by atoms with Crippen molar-refractivity contribution in [2.75, 3.05) is 0 Å². The number of hydrogen-bond donors (Lipinski definition) is 2. The Morgan fingerprint density at radius 2 is 1.78 bits per heavy atom. The van der Waals surface area contributed by atoms with Crippen LogP contribution in [0.15, 0.2) is 4.52 Å². The van der Waals surface area contributed by atoms with Gasteiger partial charge in [-0.2, -0.15) is 4.98 Å². The van der Waals surface area contributed by atoms with Crippen LogP contribution in [-0.2, 0) is 4.79 Å². The van der Waals surface area contributed by atoms with E-state index >= 15 is 0 Å². The van der Waals surface area contributed by atoms with Gasteiger partial charge in [0.1, 0.15) is 6.04 Å². The second-order valence-electron chi connectivity index (χ2n) is 8.75. The van der Waals surface area contributed by atoms with Crippen LogP contribution in [0.2, 0.25) is 0 Å². The Morgan fingerprint density at radius 3 is 2.44 bits per heavy atom. The van der Waals surface area contributed by atoms with E-state index in [1.54, 1.807) is 0 Å². The van der Waals surface area contributed by atoms with Crippen molar-refractivity contribution >= 4 is 18.3 Å². The molecule has 3 aliphatic rings. The van der Waals surface area contributed by atoms with Crippen LogP contribution in [0.4, 0.5) is 0 Å². The number of aromatic nitrogens is 2. The maximum Gasteiger partial charge on any atom is 0.248 e. The van der Waals surface area contributed by atoms with Crippen molar-refractivity contribution in [3.63, 3.8) is 0 Å². The minimum Gasteiger partial charge on any atom is -0.344 e. The number of hydrogen-bond acceptors (Lipinski definition) is 5. The number of carbonyl (C=O) groups excluding carboxylic acids is 1. The van der Waals surface area contributed by atoms with Crippen molar-refractivity contribution < 1.29 is 9.32 Å². The van der Waals surface area contributed by atoms with Crippen LogP contribution in [0.25, 0.3) is 0 Å². The number of nitrogens with zero attached hydrogens (tertiary/aromatic N) is 2. The van der Waals surface area contributed by atoms with Gasteiger partial charge < -0.3 is 15.6 Å². The van der Waals surface area contributed by atoms with Crippen molar-refractivity contribution in [3.8, 4) is 0 Å². The van der Waals surface area contributed by atoms with Crippen molar-refractivity contribution in [2.45, 2.75) is 89.1 Å². The number of amides is 1. The van der Waals surface area contributed by atoms with Crippen LogP contribution in [0.5, 0.6) is 0 Å². The number of nitrogens with one attached hydrogen (secondary N) is 1. The molecule has 2 bridgehead atoms. The molecule has 0 aliphatic heterocycles. The lowest BCUT2D eigenvalue weighted by atomic mass is 9.65. The SMILES string of the molecule is CC(NC(=O)C1CC2CCCC(C1)C2N)c1nc(C2CCCCC2)no1.Cl. The molecule has 1 aromatic rings. The fraction of sp³-hybridized carbons (Fsp3) is 0.850. The van der Waals surface area contributed by atoms with Gasteiger partial charge in [0.15, 0.2) is 5.82 Å². The molecule has 0 spiro atoms. The first kappa shape index (κ1) is 20.6. The standard InChI is InChI=1S/C20H32N4O2.ClH/c1-12(20-23-18(24-26-20)13-6-3-2-4-7-13)22-19(25)16-10-14-8-5-9-15(11-16)17(14)21;/h12-17H,2-11,21H2,1H3,(H,22,25);1H. The van der Waals surface area contributed by atoms with Crippen LogP contribution in [0, 0.1) is 17.8 Å². The number of halogens is 1. The van der Waals surface area contributed by atoms with E-state index in [0.717, 1.165) is 31.5 Å². The molecule has 1 aromatic heterocycles. The molecule has 152 valence electrons. The molecule has 0 aromatic carbocycles. The van der Waals surface area contributed by atoms with Gasteiger partial charge in [-0.25, -0.2) is 0 Å². The van der Waals surface area contributed by atoms with Gasteiger partial charge in [0.2, 0.25) is 11.8 Å². The monoisotopic (exact) mass is 396 g/mol. The molecule has 3 N–H and O–H groups in total. The lowest BCUT2D eigenvalue weighted by Crippen LogP contribution is -2.49. The quantitative estimate of drug-likeness (QED) is 0.805. The second-order valence-corrected chi connectivity index (χ2v) is 8.75. The minimum atomic E-state index is -0.234. The molecule has 6 nitrogen and oxygen atoms in total. The summed E-state index contributed by atoms with van der Waals surface area (Å²) in [5, 5.41) is 7.29. The van der Waals surface area contributed by atoms with Crippen molar-refractivity contribution in [1.82, 2.24) is 15.5 Å². The van der Waals surface area contributed by atoms with Crippen LogP contribution < -0.4 is 11.1 Å². The molecule has 4 rings (SSSR count). The molecule has 27 heavy (non-hydrogen) atoms. The largest absolute Gasteiger partial charge is 0.344 e. The van der Waals surface area contributed by atoms with E-state index in [-0.39, 0.29) is 30.3 Å². The van der Waals surface area contributed by atoms with Crippen LogP contribution >= 0.6 is 12.4 Å². The van der Waals surface area contributed by atoms with Crippen LogP contribution in [-0.4, -0.2) is 22.1 Å². The Balaban J connectivity index is 0.00000210. The maximum atomic E-state index is 12.8. The third kappa shape index (κ3) is 4.48. The molecule has 1 heterocycles. The molecular weight excluding hydrogens is 364 g/mol. The highest BCUT2D eigenvalue weighted by Gasteiger charge is 2.40. The molecule has 3 unspecified atom stereocenters. The Kier molecular flexibility index (Phi) is 6.79. The Morgan fingerprint density at radius 1 is 1.11 bits per heavy atom. The maximum absolute atomic E-state index is 12.8. The summed E-state index contributed by atoms with van der Waals surface area (Å²) in [6.45, 7) is 1.94. The van der Waals surface area contributed by atoms with E-state index in [4.69, 9.17) is 10.3 Å².